The van der Waals surface area contributed by atoms with Gasteiger partial charge in [-0.25, -0.2) is 4.18 Å². The van der Waals surface area contributed by atoms with Gasteiger partial charge in [-0.05, 0) is 12.8 Å². The lowest BCUT2D eigenvalue weighted by atomic mass is 9.99. The summed E-state index contributed by atoms with van der Waals surface area (Å²) in [4.78, 5) is 13.2. The van der Waals surface area contributed by atoms with E-state index in [1.165, 1.54) is 212 Å². The van der Waals surface area contributed by atoms with Crippen LogP contribution in [0, 0.1) is 0 Å². The zero-order valence-corrected chi connectivity index (χ0v) is 45.8. The van der Waals surface area contributed by atoms with Crippen molar-refractivity contribution >= 4 is 16.3 Å². The number of rotatable bonds is 52. The summed E-state index contributed by atoms with van der Waals surface area (Å²) in [5, 5.41) is 55.8. The quantitative estimate of drug-likeness (QED) is 0.0224. The van der Waals surface area contributed by atoms with Gasteiger partial charge in [-0.1, -0.05) is 277 Å². The number of hydrogen-bond donors (Lipinski definition) is 7. The van der Waals surface area contributed by atoms with Crippen molar-refractivity contribution in [2.45, 2.75) is 339 Å². The lowest BCUT2D eigenvalue weighted by Gasteiger charge is -2.41. The summed E-state index contributed by atoms with van der Waals surface area (Å²) in [7, 11) is -5.11. The van der Waals surface area contributed by atoms with Gasteiger partial charge in [-0.15, -0.1) is 0 Å². The van der Waals surface area contributed by atoms with Crippen LogP contribution in [0.1, 0.15) is 290 Å². The standard InChI is InChI=1S/C56H111NO12S/c1-3-5-7-9-11-13-15-17-19-21-23-24-25-27-29-31-33-35-37-39-41-43-45-50(60)55(63)57-48(47-67-56-53(62)54(69-70(64,65)66)52(61)51(46-58)68-56)49(59)44-42-40-38-36-34-32-30-28-26-22-20-18-16-14-12-10-8-6-4-2/h48-54,56,58-62H,3-47H2,1-2H3,(H,57,63)(H,64,65,66). The van der Waals surface area contributed by atoms with E-state index in [2.05, 4.69) is 23.3 Å². The van der Waals surface area contributed by atoms with Gasteiger partial charge in [-0.2, -0.15) is 8.42 Å². The predicted octanol–water partition coefficient (Wildman–Crippen LogP) is 12.7. The summed E-state index contributed by atoms with van der Waals surface area (Å²) in [6.07, 6.45) is 41.4. The third kappa shape index (κ3) is 37.7. The first-order valence-corrected chi connectivity index (χ1v) is 30.9. The van der Waals surface area contributed by atoms with Crippen LogP contribution in [0.5, 0.6) is 0 Å². The number of hydrogen-bond acceptors (Lipinski definition) is 11. The Morgan fingerprint density at radius 3 is 1.14 bits per heavy atom. The molecular formula is C56H111NO12S. The van der Waals surface area contributed by atoms with Crippen molar-refractivity contribution < 1.29 is 57.0 Å². The van der Waals surface area contributed by atoms with Gasteiger partial charge in [0.1, 0.15) is 30.5 Å². The van der Waals surface area contributed by atoms with Crippen molar-refractivity contribution in [3.8, 4) is 0 Å². The van der Waals surface area contributed by atoms with Crippen LogP contribution in [0.2, 0.25) is 0 Å². The Balaban J connectivity index is 2.38. The molecule has 14 heteroatoms. The van der Waals surface area contributed by atoms with Gasteiger partial charge in [0, 0.05) is 0 Å². The average Bonchev–Trinajstić information content (AvgIpc) is 3.33. The van der Waals surface area contributed by atoms with Crippen molar-refractivity contribution in [3.63, 3.8) is 0 Å². The Bertz CT molecular complexity index is 1260. The molecule has 0 aliphatic carbocycles. The second-order valence-electron chi connectivity index (χ2n) is 21.1. The molecule has 8 atom stereocenters. The van der Waals surface area contributed by atoms with Crippen LogP contribution < -0.4 is 5.32 Å². The van der Waals surface area contributed by atoms with Crippen LogP contribution in [0.4, 0.5) is 0 Å². The smallest absolute Gasteiger partial charge is 0.394 e. The van der Waals surface area contributed by atoms with Gasteiger partial charge in [0.25, 0.3) is 0 Å². The molecule has 0 aromatic rings. The van der Waals surface area contributed by atoms with Crippen LogP contribution in [0.3, 0.4) is 0 Å². The lowest BCUT2D eigenvalue weighted by Crippen LogP contribution is -2.61. The molecule has 0 bridgehead atoms. The minimum Gasteiger partial charge on any atom is -0.394 e. The number of carbonyl (C=O) groups is 1. The maximum Gasteiger partial charge on any atom is 0.397 e. The Labute approximate surface area is 429 Å². The Hall–Kier alpha value is -0.940. The molecule has 0 radical (unpaired) electrons. The predicted molar refractivity (Wildman–Crippen MR) is 284 cm³/mol. The van der Waals surface area contributed by atoms with Crippen LogP contribution >= 0.6 is 0 Å². The summed E-state index contributed by atoms with van der Waals surface area (Å²) in [5.41, 5.74) is 0. The first kappa shape index (κ1) is 67.1. The van der Waals surface area contributed by atoms with Crippen molar-refractivity contribution in [2.75, 3.05) is 13.2 Å². The average molecular weight is 1020 g/mol. The van der Waals surface area contributed by atoms with E-state index in [1.54, 1.807) is 0 Å². The molecular weight excluding hydrogens is 911 g/mol. The molecule has 0 saturated carbocycles. The highest BCUT2D eigenvalue weighted by Gasteiger charge is 2.48. The summed E-state index contributed by atoms with van der Waals surface area (Å²) < 4.78 is 47.9. The van der Waals surface area contributed by atoms with Gasteiger partial charge in [0.05, 0.1) is 25.4 Å². The molecule has 0 aromatic heterocycles. The molecule has 7 N–H and O–H groups in total. The number of aliphatic hydroxyl groups is 5. The Morgan fingerprint density at radius 1 is 0.514 bits per heavy atom. The van der Waals surface area contributed by atoms with Gasteiger partial charge in [-0.3, -0.25) is 9.35 Å². The molecule has 0 spiro atoms. The van der Waals surface area contributed by atoms with E-state index in [-0.39, 0.29) is 6.42 Å². The fourth-order valence-electron chi connectivity index (χ4n) is 9.88. The van der Waals surface area contributed by atoms with Crippen molar-refractivity contribution in [1.29, 1.82) is 0 Å². The summed E-state index contributed by atoms with van der Waals surface area (Å²) in [5.74, 6) is -0.661. The maximum atomic E-state index is 13.2. The van der Waals surface area contributed by atoms with Crippen LogP contribution in [-0.2, 0) is 28.9 Å². The van der Waals surface area contributed by atoms with Crippen LogP contribution in [-0.4, -0.2) is 107 Å². The minimum atomic E-state index is -5.11. The van der Waals surface area contributed by atoms with Crippen molar-refractivity contribution in [2.24, 2.45) is 0 Å². The number of carbonyl (C=O) groups excluding carboxylic acids is 1. The van der Waals surface area contributed by atoms with Crippen molar-refractivity contribution in [3.05, 3.63) is 0 Å². The lowest BCUT2D eigenvalue weighted by molar-refractivity contribution is -0.298. The fourth-order valence-corrected chi connectivity index (χ4v) is 10.4. The molecule has 1 fully saturated rings. The summed E-state index contributed by atoms with van der Waals surface area (Å²) >= 11 is 0. The topological polar surface area (TPSA) is 212 Å². The first-order valence-electron chi connectivity index (χ1n) is 29.5. The van der Waals surface area contributed by atoms with Gasteiger partial charge >= 0.3 is 10.4 Å². The highest BCUT2D eigenvalue weighted by molar-refractivity contribution is 7.80. The molecule has 1 amide bonds. The van der Waals surface area contributed by atoms with E-state index in [0.29, 0.717) is 19.3 Å². The molecule has 1 saturated heterocycles. The highest BCUT2D eigenvalue weighted by atomic mass is 32.3. The third-order valence-corrected chi connectivity index (χ3v) is 15.0. The molecule has 13 nitrogen and oxygen atoms in total. The Morgan fingerprint density at radius 2 is 0.829 bits per heavy atom. The van der Waals surface area contributed by atoms with Gasteiger partial charge < -0.3 is 40.3 Å². The number of nitrogens with one attached hydrogen (secondary N) is 1. The molecule has 1 aliphatic heterocycles. The van der Waals surface area contributed by atoms with E-state index in [0.717, 1.165) is 38.5 Å². The number of ether oxygens (including phenoxy) is 2. The number of amides is 1. The third-order valence-electron chi connectivity index (χ3n) is 14.5. The summed E-state index contributed by atoms with van der Waals surface area (Å²) in [6.45, 7) is 3.34. The van der Waals surface area contributed by atoms with Crippen LogP contribution in [0.15, 0.2) is 0 Å². The highest BCUT2D eigenvalue weighted by Crippen LogP contribution is 2.26. The SMILES string of the molecule is CCCCCCCCCCCCCCCCCCCCCCCCC(O)C(=O)NC(COC1OC(CO)C(O)C(OS(=O)(=O)O)C1O)C(O)CCCCCCCCCCCCCCCCCCCCC. The molecule has 418 valence electrons. The molecule has 1 aliphatic rings. The number of unbranched alkanes of at least 4 members (excludes halogenated alkanes) is 39. The van der Waals surface area contributed by atoms with E-state index < -0.39 is 78.5 Å². The van der Waals surface area contributed by atoms with E-state index >= 15 is 0 Å². The Kier molecular flexibility index (Phi) is 44.6. The monoisotopic (exact) mass is 1020 g/mol. The molecule has 1 rings (SSSR count). The molecule has 1 heterocycles. The van der Waals surface area contributed by atoms with Gasteiger partial charge in [0.2, 0.25) is 5.91 Å². The largest absolute Gasteiger partial charge is 0.397 e. The second kappa shape index (κ2) is 46.6. The van der Waals surface area contributed by atoms with Gasteiger partial charge in [0.15, 0.2) is 6.29 Å². The minimum absolute atomic E-state index is 0.267. The maximum absolute atomic E-state index is 13.2. The van der Waals surface area contributed by atoms with E-state index in [4.69, 9.17) is 9.47 Å². The zero-order chi connectivity index (χ0) is 51.3. The van der Waals surface area contributed by atoms with E-state index in [9.17, 15) is 43.3 Å². The molecule has 8 unspecified atom stereocenters. The second-order valence-corrected chi connectivity index (χ2v) is 22.1. The molecule has 70 heavy (non-hydrogen) atoms. The summed E-state index contributed by atoms with van der Waals surface area (Å²) in [6, 6.07) is -1.03. The van der Waals surface area contributed by atoms with Crippen molar-refractivity contribution in [1.82, 2.24) is 5.32 Å². The normalized spacial score (nSPS) is 19.9. The zero-order valence-electron chi connectivity index (χ0n) is 45.0. The first-order chi connectivity index (χ1) is 33.9. The fraction of sp³-hybridized carbons (Fsp3) is 0.982. The molecule has 0 aromatic carbocycles. The van der Waals surface area contributed by atoms with E-state index in [1.807, 2.05) is 0 Å². The number of aliphatic hydroxyl groups excluding tert-OH is 5. The van der Waals surface area contributed by atoms with Crippen LogP contribution in [0.25, 0.3) is 0 Å².